The van der Waals surface area contributed by atoms with Crippen molar-refractivity contribution in [2.45, 2.75) is 32.6 Å². The Hall–Kier alpha value is -1.42. The van der Waals surface area contributed by atoms with E-state index in [1.165, 1.54) is 41.9 Å². The SMILES string of the molecule is CCc1nsc(NCCC2Cc3ccccc3C2)n1. The van der Waals surface area contributed by atoms with E-state index < -0.39 is 0 Å². The summed E-state index contributed by atoms with van der Waals surface area (Å²) in [4.78, 5) is 4.43. The molecule has 0 atom stereocenters. The third-order valence-corrected chi connectivity index (χ3v) is 4.46. The predicted molar refractivity (Wildman–Crippen MR) is 79.7 cm³/mol. The molecule has 0 fully saturated rings. The minimum atomic E-state index is 0.781. The molecule has 1 aliphatic carbocycles. The molecule has 0 saturated carbocycles. The molecule has 0 aliphatic heterocycles. The number of aromatic nitrogens is 2. The second-order valence-corrected chi connectivity index (χ2v) is 5.88. The molecule has 0 unspecified atom stereocenters. The first kappa shape index (κ1) is 12.6. The number of benzene rings is 1. The van der Waals surface area contributed by atoms with Gasteiger partial charge < -0.3 is 5.32 Å². The summed E-state index contributed by atoms with van der Waals surface area (Å²) >= 11 is 1.47. The summed E-state index contributed by atoms with van der Waals surface area (Å²) in [5.41, 5.74) is 3.08. The molecule has 0 saturated heterocycles. The van der Waals surface area contributed by atoms with Crippen molar-refractivity contribution in [2.75, 3.05) is 11.9 Å². The second kappa shape index (κ2) is 5.70. The summed E-state index contributed by atoms with van der Waals surface area (Å²) in [6.07, 6.45) is 4.58. The smallest absolute Gasteiger partial charge is 0.202 e. The molecular weight excluding hydrogens is 254 g/mol. The van der Waals surface area contributed by atoms with Crippen LogP contribution in [0.25, 0.3) is 0 Å². The molecule has 1 heterocycles. The van der Waals surface area contributed by atoms with E-state index >= 15 is 0 Å². The van der Waals surface area contributed by atoms with Gasteiger partial charge in [0.25, 0.3) is 0 Å². The summed E-state index contributed by atoms with van der Waals surface area (Å²) in [7, 11) is 0. The standard InChI is InChI=1S/C15H19N3S/c1-2-14-17-15(19-18-14)16-8-7-11-9-12-5-3-4-6-13(12)10-11/h3-6,11H,2,7-10H2,1H3,(H,16,17,18). The number of fused-ring (bicyclic) bond motifs is 1. The lowest BCUT2D eigenvalue weighted by Gasteiger charge is -2.08. The lowest BCUT2D eigenvalue weighted by molar-refractivity contribution is 0.530. The molecule has 3 rings (SSSR count). The van der Waals surface area contributed by atoms with Gasteiger partial charge in [-0.1, -0.05) is 31.2 Å². The molecule has 3 nitrogen and oxygen atoms in total. The molecule has 1 aliphatic rings. The monoisotopic (exact) mass is 273 g/mol. The van der Waals surface area contributed by atoms with Gasteiger partial charge in [0, 0.05) is 24.5 Å². The second-order valence-electron chi connectivity index (χ2n) is 5.13. The number of hydrogen-bond donors (Lipinski definition) is 1. The van der Waals surface area contributed by atoms with E-state index in [2.05, 4.69) is 45.9 Å². The maximum absolute atomic E-state index is 4.43. The van der Waals surface area contributed by atoms with Gasteiger partial charge in [0.2, 0.25) is 5.13 Å². The van der Waals surface area contributed by atoms with Crippen molar-refractivity contribution in [2.24, 2.45) is 5.92 Å². The molecule has 1 N–H and O–H groups in total. The average Bonchev–Trinajstić information content (AvgIpc) is 3.04. The first-order chi connectivity index (χ1) is 9.35. The molecule has 1 aromatic heterocycles. The Bertz CT molecular complexity index is 525. The number of nitrogens with one attached hydrogen (secondary N) is 1. The Balaban J connectivity index is 1.47. The van der Waals surface area contributed by atoms with Gasteiger partial charge >= 0.3 is 0 Å². The Kier molecular flexibility index (Phi) is 3.78. The van der Waals surface area contributed by atoms with Crippen LogP contribution in [0.1, 0.15) is 30.3 Å². The fourth-order valence-corrected chi connectivity index (χ4v) is 3.38. The van der Waals surface area contributed by atoms with Crippen LogP contribution in [0.3, 0.4) is 0 Å². The zero-order valence-electron chi connectivity index (χ0n) is 11.2. The van der Waals surface area contributed by atoms with E-state index in [4.69, 9.17) is 0 Å². The van der Waals surface area contributed by atoms with Crippen LogP contribution in [0.2, 0.25) is 0 Å². The molecular formula is C15H19N3S. The Morgan fingerprint density at radius 3 is 2.63 bits per heavy atom. The largest absolute Gasteiger partial charge is 0.360 e. The Labute approximate surface area is 118 Å². The quantitative estimate of drug-likeness (QED) is 0.908. The van der Waals surface area contributed by atoms with Crippen LogP contribution in [-0.4, -0.2) is 15.9 Å². The van der Waals surface area contributed by atoms with E-state index in [1.54, 1.807) is 0 Å². The summed E-state index contributed by atoms with van der Waals surface area (Å²) in [5, 5.41) is 4.36. The van der Waals surface area contributed by atoms with Gasteiger partial charge in [-0.05, 0) is 36.3 Å². The van der Waals surface area contributed by atoms with Crippen molar-refractivity contribution in [1.29, 1.82) is 0 Å². The lowest BCUT2D eigenvalue weighted by Crippen LogP contribution is -2.09. The van der Waals surface area contributed by atoms with Crippen molar-refractivity contribution in [3.63, 3.8) is 0 Å². The number of aryl methyl sites for hydroxylation is 1. The van der Waals surface area contributed by atoms with Gasteiger partial charge in [-0.3, -0.25) is 0 Å². The molecule has 0 radical (unpaired) electrons. The van der Waals surface area contributed by atoms with Gasteiger partial charge in [0.05, 0.1) is 0 Å². The van der Waals surface area contributed by atoms with Crippen molar-refractivity contribution in [3.8, 4) is 0 Å². The van der Waals surface area contributed by atoms with Gasteiger partial charge in [-0.15, -0.1) is 0 Å². The molecule has 2 aromatic rings. The zero-order chi connectivity index (χ0) is 13.1. The number of nitrogens with zero attached hydrogens (tertiary/aromatic N) is 2. The minimum Gasteiger partial charge on any atom is -0.360 e. The van der Waals surface area contributed by atoms with Gasteiger partial charge in [-0.25, -0.2) is 4.98 Å². The third-order valence-electron chi connectivity index (χ3n) is 3.75. The summed E-state index contributed by atoms with van der Waals surface area (Å²) in [6, 6.07) is 8.82. The van der Waals surface area contributed by atoms with E-state index in [9.17, 15) is 0 Å². The van der Waals surface area contributed by atoms with Crippen molar-refractivity contribution >= 4 is 16.7 Å². The molecule has 0 bridgehead atoms. The Morgan fingerprint density at radius 1 is 1.26 bits per heavy atom. The fourth-order valence-electron chi connectivity index (χ4n) is 2.71. The summed E-state index contributed by atoms with van der Waals surface area (Å²) in [5.74, 6) is 1.73. The topological polar surface area (TPSA) is 37.8 Å². The van der Waals surface area contributed by atoms with E-state index in [0.29, 0.717) is 0 Å². The van der Waals surface area contributed by atoms with E-state index in [-0.39, 0.29) is 0 Å². The summed E-state index contributed by atoms with van der Waals surface area (Å²) < 4.78 is 4.29. The van der Waals surface area contributed by atoms with Crippen LogP contribution < -0.4 is 5.32 Å². The maximum Gasteiger partial charge on any atom is 0.202 e. The molecule has 0 amide bonds. The third kappa shape index (κ3) is 2.95. The minimum absolute atomic E-state index is 0.781. The van der Waals surface area contributed by atoms with E-state index in [0.717, 1.165) is 29.8 Å². The zero-order valence-corrected chi connectivity index (χ0v) is 12.0. The van der Waals surface area contributed by atoms with Gasteiger partial charge in [0.15, 0.2) is 0 Å². The predicted octanol–water partition coefficient (Wildman–Crippen LogP) is 3.32. The average molecular weight is 273 g/mol. The van der Waals surface area contributed by atoms with Crippen LogP contribution in [0, 0.1) is 5.92 Å². The van der Waals surface area contributed by atoms with Crippen molar-refractivity contribution < 1.29 is 0 Å². The highest BCUT2D eigenvalue weighted by molar-refractivity contribution is 7.09. The molecule has 19 heavy (non-hydrogen) atoms. The van der Waals surface area contributed by atoms with Crippen LogP contribution in [0.15, 0.2) is 24.3 Å². The highest BCUT2D eigenvalue weighted by Crippen LogP contribution is 2.28. The highest BCUT2D eigenvalue weighted by atomic mass is 32.1. The van der Waals surface area contributed by atoms with E-state index in [1.807, 2.05) is 0 Å². The number of rotatable bonds is 5. The van der Waals surface area contributed by atoms with Crippen LogP contribution in [0.4, 0.5) is 5.13 Å². The number of hydrogen-bond acceptors (Lipinski definition) is 4. The first-order valence-electron chi connectivity index (χ1n) is 6.98. The molecule has 1 aromatic carbocycles. The summed E-state index contributed by atoms with van der Waals surface area (Å²) in [6.45, 7) is 3.08. The first-order valence-corrected chi connectivity index (χ1v) is 7.75. The molecule has 0 spiro atoms. The van der Waals surface area contributed by atoms with Crippen LogP contribution in [0.5, 0.6) is 0 Å². The van der Waals surface area contributed by atoms with Gasteiger partial charge in [-0.2, -0.15) is 4.37 Å². The normalized spacial score (nSPS) is 14.6. The van der Waals surface area contributed by atoms with Crippen LogP contribution >= 0.6 is 11.5 Å². The Morgan fingerprint density at radius 2 is 2.00 bits per heavy atom. The molecule has 100 valence electrons. The molecule has 4 heteroatoms. The fraction of sp³-hybridized carbons (Fsp3) is 0.467. The number of anilines is 1. The van der Waals surface area contributed by atoms with Crippen molar-refractivity contribution in [3.05, 3.63) is 41.2 Å². The van der Waals surface area contributed by atoms with Crippen molar-refractivity contribution in [1.82, 2.24) is 9.36 Å². The highest BCUT2D eigenvalue weighted by Gasteiger charge is 2.20. The van der Waals surface area contributed by atoms with Crippen LogP contribution in [-0.2, 0) is 19.3 Å². The van der Waals surface area contributed by atoms with Gasteiger partial charge in [0.1, 0.15) is 5.82 Å². The maximum atomic E-state index is 4.43. The lowest BCUT2D eigenvalue weighted by atomic mass is 10.0.